The molecule has 1 aliphatic heterocycles. The molecule has 0 spiro atoms. The fourth-order valence-corrected chi connectivity index (χ4v) is 6.88. The number of amides is 3. The summed E-state index contributed by atoms with van der Waals surface area (Å²) in [7, 11) is 0. The summed E-state index contributed by atoms with van der Waals surface area (Å²) in [4.78, 5) is 56.6. The van der Waals surface area contributed by atoms with Crippen molar-refractivity contribution in [3.63, 3.8) is 0 Å². The van der Waals surface area contributed by atoms with Crippen LogP contribution < -0.4 is 14.8 Å². The van der Waals surface area contributed by atoms with Gasteiger partial charge in [-0.15, -0.1) is 0 Å². The molecule has 3 atom stereocenters. The molecule has 13 nitrogen and oxygen atoms in total. The quantitative estimate of drug-likeness (QED) is 0.0288. The Morgan fingerprint density at radius 1 is 0.614 bits per heavy atom. The molecule has 5 aromatic carbocycles. The highest BCUT2D eigenvalue weighted by Crippen LogP contribution is 2.34. The third-order valence-electron chi connectivity index (χ3n) is 8.73. The van der Waals surface area contributed by atoms with Crippen molar-refractivity contribution in [2.24, 2.45) is 10.9 Å². The average Bonchev–Trinajstić information content (AvgIpc) is 3.24. The second-order valence-corrected chi connectivity index (χ2v) is 13.7. The van der Waals surface area contributed by atoms with Crippen molar-refractivity contribution in [2.45, 2.75) is 38.7 Å². The van der Waals surface area contributed by atoms with Crippen LogP contribution in [0.2, 0.25) is 0 Å². The first-order valence-electron chi connectivity index (χ1n) is 18.1. The summed E-state index contributed by atoms with van der Waals surface area (Å²) in [5.41, 5.74) is 4.15. The first-order valence-corrected chi connectivity index (χ1v) is 19.2. The lowest BCUT2D eigenvalue weighted by Gasteiger charge is -2.42. The Labute approximate surface area is 332 Å². The number of benzene rings is 5. The van der Waals surface area contributed by atoms with Crippen molar-refractivity contribution in [1.29, 1.82) is 0 Å². The average molecular weight is 789 g/mol. The smallest absolute Gasteiger partial charge is 0.414 e. The summed E-state index contributed by atoms with van der Waals surface area (Å²) in [6.07, 6.45) is -1.38. The van der Waals surface area contributed by atoms with Gasteiger partial charge in [0.15, 0.2) is 6.04 Å². The monoisotopic (exact) mass is 788 g/mol. The van der Waals surface area contributed by atoms with E-state index in [1.807, 2.05) is 84.9 Å². The van der Waals surface area contributed by atoms with Crippen LogP contribution in [0.3, 0.4) is 0 Å². The van der Waals surface area contributed by atoms with Gasteiger partial charge in [0, 0.05) is 6.54 Å². The Morgan fingerprint density at radius 3 is 1.58 bits per heavy atom. The Bertz CT molecular complexity index is 2100. The molecule has 0 aliphatic carbocycles. The molecule has 2 N–H and O–H groups in total. The Kier molecular flexibility index (Phi) is 14.1. The Morgan fingerprint density at radius 2 is 1.07 bits per heavy atom. The molecule has 3 amide bonds. The lowest BCUT2D eigenvalue weighted by Crippen LogP contribution is -2.65. The summed E-state index contributed by atoms with van der Waals surface area (Å²) in [5.74, 6) is -2.20. The van der Waals surface area contributed by atoms with E-state index in [9.17, 15) is 23.4 Å². The standard InChI is InChI=1S/C43H40N4O9S/c48-39-37(22-13-27-44-41(45-42(50)54-29-32-16-7-2-8-17-32)46-43(51)55-30-33-18-9-3-10-19-33)38(40(49)53-28-31-14-5-1-6-15-31)47(39)57(52)56-36-25-23-35(24-26-36)34-20-11-4-12-21-34/h1-12,14-21,23-26,37-38H,13,22,27-30H2,(H2,44,45,46,50,51)/t37-,38?,57?/m1/s1. The Hall–Kier alpha value is -6.80. The predicted octanol–water partition coefficient (Wildman–Crippen LogP) is 6.87. The SMILES string of the molecule is O=C(NC(=NCCC[C@H]1C(=O)N(S(=O)Oc2ccc(-c3ccccc3)cc2)C1C(=O)OCc1ccccc1)NC(=O)OCc1ccccc1)OCc1ccccc1. The van der Waals surface area contributed by atoms with Gasteiger partial charge >= 0.3 is 29.4 Å². The fraction of sp³-hybridized carbons (Fsp3) is 0.186. The maximum absolute atomic E-state index is 13.5. The van der Waals surface area contributed by atoms with Crippen LogP contribution in [0.4, 0.5) is 9.59 Å². The van der Waals surface area contributed by atoms with E-state index in [2.05, 4.69) is 15.6 Å². The molecular formula is C43H40N4O9S. The van der Waals surface area contributed by atoms with E-state index < -0.39 is 47.3 Å². The predicted molar refractivity (Wildman–Crippen MR) is 212 cm³/mol. The molecule has 0 radical (unpaired) electrons. The molecule has 1 aliphatic rings. The van der Waals surface area contributed by atoms with Gasteiger partial charge in [0.1, 0.15) is 25.6 Å². The van der Waals surface area contributed by atoms with Gasteiger partial charge in [0.2, 0.25) is 11.9 Å². The fourth-order valence-electron chi connectivity index (χ4n) is 5.82. The molecule has 5 aromatic rings. The van der Waals surface area contributed by atoms with Crippen molar-refractivity contribution in [2.75, 3.05) is 6.54 Å². The molecule has 1 heterocycles. The van der Waals surface area contributed by atoms with Gasteiger partial charge in [-0.2, -0.15) is 4.21 Å². The number of carbonyl (C=O) groups excluding carboxylic acids is 4. The zero-order valence-electron chi connectivity index (χ0n) is 30.7. The van der Waals surface area contributed by atoms with Crippen LogP contribution in [0.5, 0.6) is 5.75 Å². The minimum absolute atomic E-state index is 0.0101. The second kappa shape index (κ2) is 20.2. The number of β-lactam (4-membered cyclic amide) rings is 1. The van der Waals surface area contributed by atoms with Gasteiger partial charge in [-0.25, -0.2) is 18.7 Å². The largest absolute Gasteiger partial charge is 0.459 e. The number of nitrogens with zero attached hydrogens (tertiary/aromatic N) is 2. The lowest BCUT2D eigenvalue weighted by atomic mass is 9.86. The summed E-state index contributed by atoms with van der Waals surface area (Å²) in [6, 6.07) is 42.5. The molecule has 57 heavy (non-hydrogen) atoms. The topological polar surface area (TPSA) is 162 Å². The van der Waals surface area contributed by atoms with Crippen molar-refractivity contribution in [3.8, 4) is 16.9 Å². The number of guanidine groups is 1. The van der Waals surface area contributed by atoms with E-state index in [0.717, 1.165) is 32.1 Å². The summed E-state index contributed by atoms with van der Waals surface area (Å²) in [5, 5.41) is 4.86. The van der Waals surface area contributed by atoms with Gasteiger partial charge in [-0.05, 0) is 52.8 Å². The number of alkyl carbamates (subject to hydrolysis) is 2. The molecular weight excluding hydrogens is 749 g/mol. The molecule has 1 saturated heterocycles. The van der Waals surface area contributed by atoms with E-state index in [0.29, 0.717) is 0 Å². The van der Waals surface area contributed by atoms with Crippen LogP contribution in [0, 0.1) is 5.92 Å². The normalized spacial score (nSPS) is 14.9. The van der Waals surface area contributed by atoms with Gasteiger partial charge in [0.25, 0.3) is 0 Å². The number of rotatable bonds is 15. The number of esters is 1. The van der Waals surface area contributed by atoms with Crippen molar-refractivity contribution in [1.82, 2.24) is 14.9 Å². The van der Waals surface area contributed by atoms with Crippen LogP contribution >= 0.6 is 0 Å². The van der Waals surface area contributed by atoms with Gasteiger partial charge in [0.05, 0.1) is 5.92 Å². The molecule has 1 fully saturated rings. The molecule has 0 aromatic heterocycles. The van der Waals surface area contributed by atoms with E-state index in [1.54, 1.807) is 60.7 Å². The van der Waals surface area contributed by atoms with Gasteiger partial charge in [-0.3, -0.25) is 20.4 Å². The van der Waals surface area contributed by atoms with Crippen molar-refractivity contribution < 1.29 is 41.8 Å². The zero-order chi connectivity index (χ0) is 39.8. The summed E-state index contributed by atoms with van der Waals surface area (Å²) < 4.78 is 36.1. The zero-order valence-corrected chi connectivity index (χ0v) is 31.5. The molecule has 292 valence electrons. The second-order valence-electron chi connectivity index (χ2n) is 12.7. The van der Waals surface area contributed by atoms with E-state index in [-0.39, 0.29) is 50.9 Å². The number of aliphatic imine (C=N–C) groups is 1. The van der Waals surface area contributed by atoms with Crippen LogP contribution in [-0.4, -0.2) is 51.1 Å². The van der Waals surface area contributed by atoms with Crippen LogP contribution in [0.25, 0.3) is 11.1 Å². The highest BCUT2D eigenvalue weighted by Gasteiger charge is 2.55. The first kappa shape index (κ1) is 39.9. The number of hydrogen-bond donors (Lipinski definition) is 2. The van der Waals surface area contributed by atoms with Crippen LogP contribution in [0.15, 0.2) is 151 Å². The minimum Gasteiger partial charge on any atom is -0.459 e. The van der Waals surface area contributed by atoms with Crippen molar-refractivity contribution in [3.05, 3.63) is 162 Å². The number of carbonyl (C=O) groups is 4. The van der Waals surface area contributed by atoms with E-state index in [1.165, 1.54) is 0 Å². The van der Waals surface area contributed by atoms with Gasteiger partial charge in [-0.1, -0.05) is 133 Å². The summed E-state index contributed by atoms with van der Waals surface area (Å²) >= 11 is -2.36. The number of hydrogen-bond acceptors (Lipinski definition) is 10. The summed E-state index contributed by atoms with van der Waals surface area (Å²) in [6.45, 7) is -0.0869. The van der Waals surface area contributed by atoms with Crippen molar-refractivity contribution >= 4 is 41.3 Å². The Balaban J connectivity index is 1.09. The molecule has 2 unspecified atom stereocenters. The maximum Gasteiger partial charge on any atom is 0.414 e. The molecule has 14 heteroatoms. The molecule has 0 saturated carbocycles. The van der Waals surface area contributed by atoms with Gasteiger partial charge < -0.3 is 18.4 Å². The number of nitrogens with one attached hydrogen (secondary N) is 2. The van der Waals surface area contributed by atoms with Crippen LogP contribution in [-0.2, 0) is 54.9 Å². The maximum atomic E-state index is 13.5. The third kappa shape index (κ3) is 11.6. The third-order valence-corrected chi connectivity index (χ3v) is 9.80. The highest BCUT2D eigenvalue weighted by atomic mass is 32.2. The molecule has 6 rings (SSSR count). The minimum atomic E-state index is -2.36. The lowest BCUT2D eigenvalue weighted by molar-refractivity contribution is -0.167. The molecule has 0 bridgehead atoms. The van der Waals surface area contributed by atoms with E-state index in [4.69, 9.17) is 18.4 Å². The number of ether oxygens (including phenoxy) is 3. The first-order chi connectivity index (χ1) is 27.8. The highest BCUT2D eigenvalue weighted by molar-refractivity contribution is 7.78. The van der Waals surface area contributed by atoms with Crippen LogP contribution in [0.1, 0.15) is 29.5 Å². The van der Waals surface area contributed by atoms with E-state index >= 15 is 0 Å².